The smallest absolute Gasteiger partial charge is 0.0541 e. The van der Waals surface area contributed by atoms with Crippen LogP contribution in [-0.4, -0.2) is 4.57 Å². The Kier molecular flexibility index (Phi) is 8.53. The Labute approximate surface area is 360 Å². The Morgan fingerprint density at radius 2 is 0.758 bits per heavy atom. The Bertz CT molecular complexity index is 3550. The number of aromatic nitrogens is 1. The lowest BCUT2D eigenvalue weighted by Gasteiger charge is -2.28. The zero-order valence-electron chi connectivity index (χ0n) is 34.0. The Morgan fingerprint density at radius 1 is 0.274 bits per heavy atom. The Hall–Kier alpha value is -8.20. The van der Waals surface area contributed by atoms with Gasteiger partial charge in [0.2, 0.25) is 0 Å². The molecule has 0 fully saturated rings. The molecule has 0 unspecified atom stereocenters. The molecule has 0 aliphatic rings. The molecule has 0 N–H and O–H groups in total. The molecule has 1 aromatic heterocycles. The number of hydrogen-bond acceptors (Lipinski definition) is 1. The van der Waals surface area contributed by atoms with Crippen molar-refractivity contribution in [3.63, 3.8) is 0 Å². The molecular formula is C60H40N2. The number of fused-ring (bicyclic) bond motifs is 8. The third-order valence-electron chi connectivity index (χ3n) is 12.6. The summed E-state index contributed by atoms with van der Waals surface area (Å²) < 4.78 is 2.37. The molecule has 62 heavy (non-hydrogen) atoms. The molecule has 0 saturated carbocycles. The van der Waals surface area contributed by atoms with E-state index in [9.17, 15) is 0 Å². The fourth-order valence-corrected chi connectivity index (χ4v) is 9.65. The first-order chi connectivity index (χ1) is 30.8. The van der Waals surface area contributed by atoms with Gasteiger partial charge in [0, 0.05) is 33.4 Å². The Morgan fingerprint density at radius 3 is 1.44 bits per heavy atom. The number of rotatable bonds is 7. The first kappa shape index (κ1) is 35.7. The summed E-state index contributed by atoms with van der Waals surface area (Å²) in [6, 6.07) is 88.4. The van der Waals surface area contributed by atoms with Gasteiger partial charge in [-0.05, 0) is 121 Å². The molecule has 0 aliphatic heterocycles. The molecule has 2 heteroatoms. The molecule has 12 rings (SSSR count). The minimum Gasteiger partial charge on any atom is -0.310 e. The van der Waals surface area contributed by atoms with Crippen LogP contribution in [-0.2, 0) is 0 Å². The van der Waals surface area contributed by atoms with Crippen LogP contribution in [0.3, 0.4) is 0 Å². The summed E-state index contributed by atoms with van der Waals surface area (Å²) in [6.45, 7) is 0. The van der Waals surface area contributed by atoms with Crippen LogP contribution in [0.5, 0.6) is 0 Å². The van der Waals surface area contributed by atoms with Crippen LogP contribution in [0, 0.1) is 0 Å². The van der Waals surface area contributed by atoms with Crippen LogP contribution in [0.4, 0.5) is 17.1 Å². The van der Waals surface area contributed by atoms with Gasteiger partial charge in [-0.25, -0.2) is 0 Å². The minimum absolute atomic E-state index is 1.09. The quantitative estimate of drug-likeness (QED) is 0.146. The van der Waals surface area contributed by atoms with E-state index < -0.39 is 0 Å². The van der Waals surface area contributed by atoms with E-state index in [4.69, 9.17) is 0 Å². The van der Waals surface area contributed by atoms with Crippen molar-refractivity contribution in [1.29, 1.82) is 0 Å². The van der Waals surface area contributed by atoms with Crippen molar-refractivity contribution in [2.45, 2.75) is 0 Å². The van der Waals surface area contributed by atoms with Crippen molar-refractivity contribution in [3.05, 3.63) is 243 Å². The average Bonchev–Trinajstić information content (AvgIpc) is 3.69. The van der Waals surface area contributed by atoms with Crippen molar-refractivity contribution >= 4 is 71.2 Å². The molecule has 0 atom stereocenters. The van der Waals surface area contributed by atoms with Crippen molar-refractivity contribution in [1.82, 2.24) is 4.57 Å². The summed E-state index contributed by atoms with van der Waals surface area (Å²) in [5, 5.41) is 10.2. The number of anilines is 3. The molecular weight excluding hydrogens is 749 g/mol. The molecule has 0 bridgehead atoms. The van der Waals surface area contributed by atoms with Crippen molar-refractivity contribution in [2.75, 3.05) is 4.90 Å². The third kappa shape index (κ3) is 5.96. The molecule has 11 aromatic carbocycles. The van der Waals surface area contributed by atoms with Crippen molar-refractivity contribution < 1.29 is 0 Å². The highest BCUT2D eigenvalue weighted by atomic mass is 15.1. The van der Waals surface area contributed by atoms with Crippen LogP contribution in [0.15, 0.2) is 243 Å². The SMILES string of the molecule is c1ccc(-c2ccccc2N(c2ccc(-c3ccc(-n4c5ccccc5c5ccccc54)cc3)cc2)c2ccc(-c3cc4c5ccccc5ccc4c4ccccc34)cc2)cc1. The first-order valence-corrected chi connectivity index (χ1v) is 21.3. The number of hydrogen-bond donors (Lipinski definition) is 0. The number of benzene rings is 11. The average molecular weight is 789 g/mol. The summed E-state index contributed by atoms with van der Waals surface area (Å²) >= 11 is 0. The van der Waals surface area contributed by atoms with E-state index in [1.165, 1.54) is 87.5 Å². The fourth-order valence-electron chi connectivity index (χ4n) is 9.65. The second-order valence-corrected chi connectivity index (χ2v) is 16.1. The lowest BCUT2D eigenvalue weighted by molar-refractivity contribution is 1.18. The molecule has 2 nitrogen and oxygen atoms in total. The van der Waals surface area contributed by atoms with E-state index >= 15 is 0 Å². The zero-order valence-corrected chi connectivity index (χ0v) is 34.0. The van der Waals surface area contributed by atoms with Gasteiger partial charge >= 0.3 is 0 Å². The normalized spacial score (nSPS) is 11.5. The second kappa shape index (κ2) is 14.8. The summed E-state index contributed by atoms with van der Waals surface area (Å²) in [5.74, 6) is 0. The highest BCUT2D eigenvalue weighted by Gasteiger charge is 2.19. The van der Waals surface area contributed by atoms with Crippen LogP contribution in [0.25, 0.3) is 93.2 Å². The molecule has 12 aromatic rings. The predicted molar refractivity (Wildman–Crippen MR) is 264 cm³/mol. The Balaban J connectivity index is 0.946. The van der Waals surface area contributed by atoms with Gasteiger partial charge in [-0.15, -0.1) is 0 Å². The summed E-state index contributed by atoms with van der Waals surface area (Å²) in [6.07, 6.45) is 0. The lowest BCUT2D eigenvalue weighted by Crippen LogP contribution is -2.11. The summed E-state index contributed by atoms with van der Waals surface area (Å²) in [5.41, 5.74) is 14.0. The maximum Gasteiger partial charge on any atom is 0.0541 e. The topological polar surface area (TPSA) is 8.17 Å². The standard InChI is InChI=1S/C60H40N2/c1-2-14-43(15-3-1)50-18-8-11-23-58(50)61(47-37-30-45(31-38-47)56-40-57-49-17-5-4-16-44(49)32-39-53(57)51-19-6-7-20-52(51)56)46-33-26-41(27-34-46)42-28-35-48(36-29-42)62-59-24-12-9-21-54(59)55-22-10-13-25-60(55)62/h1-40H. The largest absolute Gasteiger partial charge is 0.310 e. The van der Waals surface area contributed by atoms with Crippen molar-refractivity contribution in [3.8, 4) is 39.1 Å². The van der Waals surface area contributed by atoms with Crippen LogP contribution in [0.1, 0.15) is 0 Å². The van der Waals surface area contributed by atoms with Gasteiger partial charge in [0.1, 0.15) is 0 Å². The minimum atomic E-state index is 1.09. The van der Waals surface area contributed by atoms with E-state index in [1.807, 2.05) is 0 Å². The molecule has 0 aliphatic carbocycles. The highest BCUT2D eigenvalue weighted by molar-refractivity contribution is 6.21. The van der Waals surface area contributed by atoms with Crippen LogP contribution < -0.4 is 4.90 Å². The van der Waals surface area contributed by atoms with Crippen LogP contribution in [0.2, 0.25) is 0 Å². The van der Waals surface area contributed by atoms with Gasteiger partial charge in [-0.2, -0.15) is 0 Å². The third-order valence-corrected chi connectivity index (χ3v) is 12.6. The van der Waals surface area contributed by atoms with Gasteiger partial charge in [-0.3, -0.25) is 0 Å². The maximum atomic E-state index is 2.40. The molecule has 1 heterocycles. The fraction of sp³-hybridized carbons (Fsp3) is 0. The van der Waals surface area contributed by atoms with Gasteiger partial charge in [0.15, 0.2) is 0 Å². The monoisotopic (exact) mass is 788 g/mol. The highest BCUT2D eigenvalue weighted by Crippen LogP contribution is 2.43. The summed E-state index contributed by atoms with van der Waals surface area (Å²) in [7, 11) is 0. The number of para-hydroxylation sites is 3. The van der Waals surface area contributed by atoms with E-state index in [0.29, 0.717) is 0 Å². The molecule has 290 valence electrons. The van der Waals surface area contributed by atoms with Gasteiger partial charge in [0.25, 0.3) is 0 Å². The van der Waals surface area contributed by atoms with E-state index in [1.54, 1.807) is 0 Å². The summed E-state index contributed by atoms with van der Waals surface area (Å²) in [4.78, 5) is 2.40. The van der Waals surface area contributed by atoms with E-state index in [0.717, 1.165) is 22.7 Å². The predicted octanol–water partition coefficient (Wildman–Crippen LogP) is 16.7. The zero-order chi connectivity index (χ0) is 41.0. The van der Waals surface area contributed by atoms with Gasteiger partial charge in [-0.1, -0.05) is 182 Å². The number of nitrogens with zero attached hydrogens (tertiary/aromatic N) is 2. The molecule has 0 radical (unpaired) electrons. The first-order valence-electron chi connectivity index (χ1n) is 21.3. The lowest BCUT2D eigenvalue weighted by atomic mass is 9.91. The van der Waals surface area contributed by atoms with Gasteiger partial charge < -0.3 is 9.47 Å². The molecule has 0 amide bonds. The van der Waals surface area contributed by atoms with Crippen molar-refractivity contribution in [2.24, 2.45) is 0 Å². The van der Waals surface area contributed by atoms with E-state index in [-0.39, 0.29) is 0 Å². The van der Waals surface area contributed by atoms with Gasteiger partial charge in [0.05, 0.1) is 16.7 Å². The molecule has 0 saturated heterocycles. The molecule has 0 spiro atoms. The van der Waals surface area contributed by atoms with E-state index in [2.05, 4.69) is 252 Å². The van der Waals surface area contributed by atoms with Crippen LogP contribution >= 0.6 is 0 Å². The maximum absolute atomic E-state index is 2.40. The second-order valence-electron chi connectivity index (χ2n) is 16.1.